The van der Waals surface area contributed by atoms with Crippen LogP contribution in [-0.4, -0.2) is 6.03 Å². The fourth-order valence-electron chi connectivity index (χ4n) is 1.16. The standard InChI is InChI=1S/C8H8.CH4N2O/c1-2-8-5-3-7(1)4-6-8;2-1(3)4/h1-3,5H,4,6H2;(H4,2,3,4). The van der Waals surface area contributed by atoms with Gasteiger partial charge < -0.3 is 11.5 Å². The minimum absolute atomic E-state index is 0.833. The highest BCUT2D eigenvalue weighted by Crippen LogP contribution is 2.14. The van der Waals surface area contributed by atoms with Crippen LogP contribution in [0.1, 0.15) is 11.1 Å². The van der Waals surface area contributed by atoms with Gasteiger partial charge in [-0.15, -0.1) is 0 Å². The number of nitrogens with two attached hydrogens (primary N) is 2. The van der Waals surface area contributed by atoms with E-state index in [4.69, 9.17) is 4.79 Å². The molecule has 0 spiro atoms. The molecule has 3 nitrogen and oxygen atoms in total. The number of amides is 2. The smallest absolute Gasteiger partial charge is 0.309 e. The number of rotatable bonds is 0. The van der Waals surface area contributed by atoms with Gasteiger partial charge in [-0.3, -0.25) is 0 Å². The van der Waals surface area contributed by atoms with Gasteiger partial charge in [0.05, 0.1) is 0 Å². The lowest BCUT2D eigenvalue weighted by molar-refractivity contribution is 0.256. The van der Waals surface area contributed by atoms with Gasteiger partial charge in [0.15, 0.2) is 0 Å². The molecule has 0 fully saturated rings. The average Bonchev–Trinajstić information content (AvgIpc) is 2.07. The van der Waals surface area contributed by atoms with Gasteiger partial charge >= 0.3 is 6.03 Å². The lowest BCUT2D eigenvalue weighted by atomic mass is 9.97. The second-order valence-corrected chi connectivity index (χ2v) is 2.72. The first kappa shape index (κ1) is 8.59. The van der Waals surface area contributed by atoms with Crippen LogP contribution in [-0.2, 0) is 12.8 Å². The van der Waals surface area contributed by atoms with Gasteiger partial charge in [0.1, 0.15) is 0 Å². The van der Waals surface area contributed by atoms with Gasteiger partial charge in [-0.05, 0) is 24.0 Å². The molecule has 0 unspecified atom stereocenters. The SMILES string of the molecule is NC(N)=O.c1cc2ccc1CC2. The third kappa shape index (κ3) is 2.62. The molecule has 0 aliphatic heterocycles. The van der Waals surface area contributed by atoms with Gasteiger partial charge in [-0.1, -0.05) is 24.3 Å². The second kappa shape index (κ2) is 3.76. The molecule has 2 aliphatic rings. The van der Waals surface area contributed by atoms with Gasteiger partial charge in [0.2, 0.25) is 0 Å². The molecule has 0 radical (unpaired) electrons. The van der Waals surface area contributed by atoms with Crippen LogP contribution in [0, 0.1) is 0 Å². The Kier molecular flexibility index (Phi) is 2.69. The number of urea groups is 1. The van der Waals surface area contributed by atoms with Crippen LogP contribution in [0.2, 0.25) is 0 Å². The molecule has 2 aliphatic carbocycles. The largest absolute Gasteiger partial charge is 0.352 e. The summed E-state index contributed by atoms with van der Waals surface area (Å²) in [6.45, 7) is 0. The first-order chi connectivity index (χ1) is 5.68. The van der Waals surface area contributed by atoms with Crippen molar-refractivity contribution >= 4 is 6.03 Å². The number of fused-ring (bicyclic) bond motifs is 3. The van der Waals surface area contributed by atoms with Gasteiger partial charge in [-0.2, -0.15) is 0 Å². The molecule has 0 atom stereocenters. The van der Waals surface area contributed by atoms with E-state index < -0.39 is 6.03 Å². The highest BCUT2D eigenvalue weighted by Gasteiger charge is 2.01. The van der Waals surface area contributed by atoms with E-state index >= 15 is 0 Å². The molecule has 0 saturated carbocycles. The average molecular weight is 164 g/mol. The van der Waals surface area contributed by atoms with Gasteiger partial charge in [-0.25, -0.2) is 4.79 Å². The highest BCUT2D eigenvalue weighted by molar-refractivity contribution is 5.69. The minimum Gasteiger partial charge on any atom is -0.352 e. The van der Waals surface area contributed by atoms with E-state index in [9.17, 15) is 0 Å². The molecule has 0 saturated heterocycles. The van der Waals surface area contributed by atoms with E-state index in [0.29, 0.717) is 0 Å². The Bertz CT molecular complexity index is 239. The van der Waals surface area contributed by atoms with Crippen LogP contribution in [0.3, 0.4) is 0 Å². The molecule has 1 aromatic carbocycles. The fourth-order valence-corrected chi connectivity index (χ4v) is 1.16. The van der Waals surface area contributed by atoms with Crippen molar-refractivity contribution in [3.05, 3.63) is 35.4 Å². The minimum atomic E-state index is -0.833. The second-order valence-electron chi connectivity index (χ2n) is 2.72. The Morgan fingerprint density at radius 3 is 1.33 bits per heavy atom. The van der Waals surface area contributed by atoms with Crippen LogP contribution >= 0.6 is 0 Å². The Morgan fingerprint density at radius 1 is 1.00 bits per heavy atom. The van der Waals surface area contributed by atoms with Crippen molar-refractivity contribution in [2.24, 2.45) is 11.5 Å². The quantitative estimate of drug-likeness (QED) is 0.585. The van der Waals surface area contributed by atoms with Crippen molar-refractivity contribution < 1.29 is 4.79 Å². The van der Waals surface area contributed by atoms with E-state index in [1.165, 1.54) is 24.0 Å². The molecule has 2 amide bonds. The van der Waals surface area contributed by atoms with Gasteiger partial charge in [0, 0.05) is 0 Å². The number of carbonyl (C=O) groups is 1. The van der Waals surface area contributed by atoms with Crippen molar-refractivity contribution in [3.8, 4) is 0 Å². The summed E-state index contributed by atoms with van der Waals surface area (Å²) in [4.78, 5) is 9.00. The Balaban J connectivity index is 0.000000157. The predicted octanol–water partition coefficient (Wildman–Crippen LogP) is 0.809. The van der Waals surface area contributed by atoms with Crippen LogP contribution < -0.4 is 11.5 Å². The summed E-state index contributed by atoms with van der Waals surface area (Å²) in [5.41, 5.74) is 11.5. The maximum atomic E-state index is 9.00. The fraction of sp³-hybridized carbons (Fsp3) is 0.222. The molecule has 1 aromatic rings. The first-order valence-corrected chi connectivity index (χ1v) is 3.81. The zero-order valence-corrected chi connectivity index (χ0v) is 6.79. The summed E-state index contributed by atoms with van der Waals surface area (Å²) >= 11 is 0. The van der Waals surface area contributed by atoms with Crippen LogP contribution in [0.4, 0.5) is 4.79 Å². The summed E-state index contributed by atoms with van der Waals surface area (Å²) in [5, 5.41) is 0. The van der Waals surface area contributed by atoms with E-state index in [1.54, 1.807) is 0 Å². The topological polar surface area (TPSA) is 69.1 Å². The normalized spacial score (nSPS) is 11.7. The molecule has 12 heavy (non-hydrogen) atoms. The van der Waals surface area contributed by atoms with E-state index in [-0.39, 0.29) is 0 Å². The van der Waals surface area contributed by atoms with Crippen LogP contribution in [0.5, 0.6) is 0 Å². The number of primary amides is 2. The lowest BCUT2D eigenvalue weighted by Gasteiger charge is -2.09. The Morgan fingerprint density at radius 2 is 1.25 bits per heavy atom. The van der Waals surface area contributed by atoms with E-state index in [1.807, 2.05) is 0 Å². The maximum absolute atomic E-state index is 9.00. The molecule has 0 heterocycles. The maximum Gasteiger partial charge on any atom is 0.309 e. The summed E-state index contributed by atoms with van der Waals surface area (Å²) in [6.07, 6.45) is 2.53. The monoisotopic (exact) mass is 164 g/mol. The summed E-state index contributed by atoms with van der Waals surface area (Å²) in [5.74, 6) is 0. The van der Waals surface area contributed by atoms with Crippen molar-refractivity contribution in [3.63, 3.8) is 0 Å². The van der Waals surface area contributed by atoms with Gasteiger partial charge in [0.25, 0.3) is 0 Å². The molecule has 2 bridgehead atoms. The van der Waals surface area contributed by atoms with E-state index in [0.717, 1.165) is 0 Å². The molecule has 3 rings (SSSR count). The molecular formula is C9H12N2O. The molecule has 0 aromatic heterocycles. The summed E-state index contributed by atoms with van der Waals surface area (Å²) in [7, 11) is 0. The van der Waals surface area contributed by atoms with Crippen molar-refractivity contribution in [2.75, 3.05) is 0 Å². The third-order valence-electron chi connectivity index (χ3n) is 1.73. The zero-order valence-electron chi connectivity index (χ0n) is 6.79. The van der Waals surface area contributed by atoms with E-state index in [2.05, 4.69) is 35.7 Å². The highest BCUT2D eigenvalue weighted by atomic mass is 16.2. The Hall–Kier alpha value is -1.51. The number of carbonyl (C=O) groups excluding carboxylic acids is 1. The van der Waals surface area contributed by atoms with Crippen molar-refractivity contribution in [1.29, 1.82) is 0 Å². The Labute approximate surface area is 71.4 Å². The summed E-state index contributed by atoms with van der Waals surface area (Å²) < 4.78 is 0. The predicted molar refractivity (Wildman–Crippen MR) is 47.6 cm³/mol. The number of aryl methyl sites for hydroxylation is 2. The zero-order chi connectivity index (χ0) is 8.97. The summed E-state index contributed by atoms with van der Waals surface area (Å²) in [6, 6.07) is 8.00. The molecule has 64 valence electrons. The lowest BCUT2D eigenvalue weighted by Crippen LogP contribution is -2.18. The van der Waals surface area contributed by atoms with Crippen LogP contribution in [0.25, 0.3) is 0 Å². The number of benzene rings is 1. The number of hydrogen-bond acceptors (Lipinski definition) is 1. The van der Waals surface area contributed by atoms with Crippen LogP contribution in [0.15, 0.2) is 24.3 Å². The molecular weight excluding hydrogens is 152 g/mol. The van der Waals surface area contributed by atoms with Crippen molar-refractivity contribution in [1.82, 2.24) is 0 Å². The third-order valence-corrected chi connectivity index (χ3v) is 1.73. The molecule has 4 N–H and O–H groups in total. The first-order valence-electron chi connectivity index (χ1n) is 3.81. The number of hydrogen-bond donors (Lipinski definition) is 2. The van der Waals surface area contributed by atoms with Crippen molar-refractivity contribution in [2.45, 2.75) is 12.8 Å². The molecule has 3 heteroatoms.